The number of anilines is 2. The molecule has 2 heterocycles. The molecule has 0 saturated carbocycles. The van der Waals surface area contributed by atoms with E-state index in [0.29, 0.717) is 11.4 Å². The van der Waals surface area contributed by atoms with Crippen molar-refractivity contribution in [2.24, 2.45) is 0 Å². The summed E-state index contributed by atoms with van der Waals surface area (Å²) in [6, 6.07) is 2.78. The fraction of sp³-hybridized carbons (Fsp3) is 0.625. The largest absolute Gasteiger partial charge is 0.367 e. The van der Waals surface area contributed by atoms with Crippen molar-refractivity contribution in [1.82, 2.24) is 4.90 Å². The molecule has 0 aromatic heterocycles. The van der Waals surface area contributed by atoms with Crippen LogP contribution in [-0.2, 0) is 0 Å². The van der Waals surface area contributed by atoms with E-state index in [4.69, 9.17) is 0 Å². The van der Waals surface area contributed by atoms with Crippen molar-refractivity contribution in [1.29, 1.82) is 0 Å². The second-order valence-electron chi connectivity index (χ2n) is 6.39. The SMILES string of the molecule is CN1CCN(c2cc(N3CCCCC3)c([N+](=O)[O-])cc2F)CC1. The zero-order chi connectivity index (χ0) is 16.4. The molecule has 126 valence electrons. The second-order valence-corrected chi connectivity index (χ2v) is 6.39. The van der Waals surface area contributed by atoms with Crippen molar-refractivity contribution >= 4 is 17.1 Å². The molecule has 23 heavy (non-hydrogen) atoms. The predicted molar refractivity (Wildman–Crippen MR) is 88.8 cm³/mol. The molecule has 0 bridgehead atoms. The van der Waals surface area contributed by atoms with Crippen molar-refractivity contribution in [3.63, 3.8) is 0 Å². The minimum atomic E-state index is -0.498. The Kier molecular flexibility index (Phi) is 4.66. The topological polar surface area (TPSA) is 52.9 Å². The third-order valence-electron chi connectivity index (χ3n) is 4.78. The normalized spacial score (nSPS) is 19.9. The van der Waals surface area contributed by atoms with E-state index in [1.807, 2.05) is 16.8 Å². The molecular weight excluding hydrogens is 299 g/mol. The molecule has 2 aliphatic heterocycles. The number of hydrogen-bond acceptors (Lipinski definition) is 5. The monoisotopic (exact) mass is 322 g/mol. The first kappa shape index (κ1) is 16.0. The highest BCUT2D eigenvalue weighted by atomic mass is 19.1. The summed E-state index contributed by atoms with van der Waals surface area (Å²) in [6.45, 7) is 4.82. The average molecular weight is 322 g/mol. The molecule has 0 unspecified atom stereocenters. The fourth-order valence-corrected chi connectivity index (χ4v) is 3.36. The molecule has 0 spiro atoms. The molecule has 7 heteroatoms. The van der Waals surface area contributed by atoms with Gasteiger partial charge in [0.15, 0.2) is 5.82 Å². The van der Waals surface area contributed by atoms with E-state index in [1.165, 1.54) is 0 Å². The Bertz CT molecular complexity index is 582. The molecule has 1 aromatic rings. The molecule has 0 amide bonds. The first-order valence-corrected chi connectivity index (χ1v) is 8.22. The highest BCUT2D eigenvalue weighted by Gasteiger charge is 2.26. The lowest BCUT2D eigenvalue weighted by Gasteiger charge is -2.35. The number of halogens is 1. The van der Waals surface area contributed by atoms with E-state index in [0.717, 1.165) is 64.6 Å². The Balaban J connectivity index is 1.95. The van der Waals surface area contributed by atoms with Crippen LogP contribution in [0.15, 0.2) is 12.1 Å². The first-order chi connectivity index (χ1) is 11.1. The van der Waals surface area contributed by atoms with Crippen LogP contribution in [0.3, 0.4) is 0 Å². The zero-order valence-corrected chi connectivity index (χ0v) is 13.5. The van der Waals surface area contributed by atoms with Gasteiger partial charge in [-0.3, -0.25) is 10.1 Å². The summed E-state index contributed by atoms with van der Waals surface area (Å²) in [5.74, 6) is -0.498. The van der Waals surface area contributed by atoms with Crippen molar-refractivity contribution in [3.8, 4) is 0 Å². The van der Waals surface area contributed by atoms with Gasteiger partial charge in [-0.25, -0.2) is 4.39 Å². The van der Waals surface area contributed by atoms with Gasteiger partial charge in [-0.05, 0) is 32.4 Å². The lowest BCUT2D eigenvalue weighted by Crippen LogP contribution is -2.45. The van der Waals surface area contributed by atoms with Crippen molar-refractivity contribution in [2.75, 3.05) is 56.1 Å². The maximum absolute atomic E-state index is 14.5. The Morgan fingerprint density at radius 1 is 0.957 bits per heavy atom. The van der Waals surface area contributed by atoms with Crippen LogP contribution in [0.1, 0.15) is 19.3 Å². The molecule has 0 radical (unpaired) electrons. The maximum Gasteiger partial charge on any atom is 0.295 e. The van der Waals surface area contributed by atoms with E-state index in [2.05, 4.69) is 4.90 Å². The number of nitro benzene ring substituents is 1. The van der Waals surface area contributed by atoms with E-state index in [-0.39, 0.29) is 5.69 Å². The van der Waals surface area contributed by atoms with Crippen LogP contribution in [-0.4, -0.2) is 56.1 Å². The van der Waals surface area contributed by atoms with E-state index in [1.54, 1.807) is 6.07 Å². The van der Waals surface area contributed by atoms with Gasteiger partial charge >= 0.3 is 0 Å². The lowest BCUT2D eigenvalue weighted by atomic mass is 10.1. The third kappa shape index (κ3) is 3.39. The van der Waals surface area contributed by atoms with Gasteiger partial charge in [-0.2, -0.15) is 0 Å². The van der Waals surface area contributed by atoms with Gasteiger partial charge in [0.05, 0.1) is 16.7 Å². The van der Waals surface area contributed by atoms with E-state index < -0.39 is 10.7 Å². The molecule has 3 rings (SSSR count). The van der Waals surface area contributed by atoms with Crippen LogP contribution in [0, 0.1) is 15.9 Å². The average Bonchev–Trinajstić information content (AvgIpc) is 2.56. The summed E-state index contributed by atoms with van der Waals surface area (Å²) >= 11 is 0. The molecule has 0 N–H and O–H groups in total. The van der Waals surface area contributed by atoms with Crippen molar-refractivity contribution in [3.05, 3.63) is 28.1 Å². The van der Waals surface area contributed by atoms with Gasteiger partial charge in [-0.15, -0.1) is 0 Å². The first-order valence-electron chi connectivity index (χ1n) is 8.22. The molecule has 2 aliphatic rings. The summed E-state index contributed by atoms with van der Waals surface area (Å²) in [5, 5.41) is 11.3. The van der Waals surface area contributed by atoms with Gasteiger partial charge in [0, 0.05) is 39.3 Å². The van der Waals surface area contributed by atoms with Crippen LogP contribution in [0.25, 0.3) is 0 Å². The smallest absolute Gasteiger partial charge is 0.295 e. The van der Waals surface area contributed by atoms with Crippen molar-refractivity contribution in [2.45, 2.75) is 19.3 Å². The van der Waals surface area contributed by atoms with Gasteiger partial charge in [0.2, 0.25) is 0 Å². The summed E-state index contributed by atoms with van der Waals surface area (Å²) in [4.78, 5) is 17.1. The predicted octanol–water partition coefficient (Wildman–Crippen LogP) is 2.48. The molecule has 0 atom stereocenters. The Labute approximate surface area is 135 Å². The lowest BCUT2D eigenvalue weighted by molar-refractivity contribution is -0.384. The van der Waals surface area contributed by atoms with Crippen molar-refractivity contribution < 1.29 is 9.31 Å². The zero-order valence-electron chi connectivity index (χ0n) is 13.5. The minimum absolute atomic E-state index is 0.123. The highest BCUT2D eigenvalue weighted by Crippen LogP contribution is 2.36. The number of piperidine rings is 1. The number of likely N-dealkylation sites (N-methyl/N-ethyl adjacent to an activating group) is 1. The van der Waals surface area contributed by atoms with Crippen LogP contribution >= 0.6 is 0 Å². The number of nitrogens with zero attached hydrogens (tertiary/aromatic N) is 4. The van der Waals surface area contributed by atoms with Gasteiger partial charge in [0.1, 0.15) is 5.69 Å². The number of hydrogen-bond donors (Lipinski definition) is 0. The molecule has 2 fully saturated rings. The van der Waals surface area contributed by atoms with Crippen LogP contribution in [0.4, 0.5) is 21.5 Å². The Morgan fingerprint density at radius 3 is 2.17 bits per heavy atom. The minimum Gasteiger partial charge on any atom is -0.367 e. The maximum atomic E-state index is 14.5. The highest BCUT2D eigenvalue weighted by molar-refractivity contribution is 5.71. The van der Waals surface area contributed by atoms with Gasteiger partial charge in [-0.1, -0.05) is 0 Å². The number of nitro groups is 1. The number of benzene rings is 1. The summed E-state index contributed by atoms with van der Waals surface area (Å²) in [7, 11) is 2.04. The van der Waals surface area contributed by atoms with Gasteiger partial charge < -0.3 is 14.7 Å². The quantitative estimate of drug-likeness (QED) is 0.632. The van der Waals surface area contributed by atoms with Crippen LogP contribution in [0.2, 0.25) is 0 Å². The third-order valence-corrected chi connectivity index (χ3v) is 4.78. The molecular formula is C16H23FN4O2. The van der Waals surface area contributed by atoms with Crippen LogP contribution < -0.4 is 9.80 Å². The molecule has 6 nitrogen and oxygen atoms in total. The van der Waals surface area contributed by atoms with Crippen LogP contribution in [0.5, 0.6) is 0 Å². The number of rotatable bonds is 3. The number of piperazine rings is 1. The fourth-order valence-electron chi connectivity index (χ4n) is 3.36. The summed E-state index contributed by atoms with van der Waals surface area (Å²) < 4.78 is 14.5. The van der Waals surface area contributed by atoms with E-state index in [9.17, 15) is 14.5 Å². The molecule has 2 saturated heterocycles. The second kappa shape index (κ2) is 6.70. The standard InChI is InChI=1S/C16H23FN4O2/c1-18-7-9-20(10-8-18)14-12-15(19-5-3-2-4-6-19)16(21(22)23)11-13(14)17/h11-12H,2-10H2,1H3. The molecule has 1 aromatic carbocycles. The summed E-state index contributed by atoms with van der Waals surface area (Å²) in [5.41, 5.74) is 0.927. The summed E-state index contributed by atoms with van der Waals surface area (Å²) in [6.07, 6.45) is 3.20. The van der Waals surface area contributed by atoms with E-state index >= 15 is 0 Å². The molecule has 0 aliphatic carbocycles. The Morgan fingerprint density at radius 2 is 1.57 bits per heavy atom. The Hall–Kier alpha value is -1.89. The van der Waals surface area contributed by atoms with Gasteiger partial charge in [0.25, 0.3) is 5.69 Å².